The predicted octanol–water partition coefficient (Wildman–Crippen LogP) is 3.42. The van der Waals surface area contributed by atoms with Gasteiger partial charge in [0.05, 0.1) is 11.5 Å². The molecular formula is C11H9ClFN. The molecule has 14 heavy (non-hydrogen) atoms. The minimum Gasteiger partial charge on any atom is -0.207 e. The van der Waals surface area contributed by atoms with E-state index < -0.39 is 5.41 Å². The van der Waals surface area contributed by atoms with Gasteiger partial charge in [-0.2, -0.15) is 5.26 Å². The van der Waals surface area contributed by atoms with E-state index in [1.165, 1.54) is 12.1 Å². The van der Waals surface area contributed by atoms with Crippen LogP contribution in [0.3, 0.4) is 0 Å². The average Bonchev–Trinajstić information content (AvgIpc) is 2.07. The van der Waals surface area contributed by atoms with Crippen molar-refractivity contribution in [2.45, 2.75) is 24.7 Å². The molecule has 1 aliphatic rings. The number of hydrogen-bond donors (Lipinski definition) is 0. The summed E-state index contributed by atoms with van der Waals surface area (Å²) in [5, 5.41) is 9.45. The van der Waals surface area contributed by atoms with Crippen LogP contribution in [-0.2, 0) is 5.41 Å². The van der Waals surface area contributed by atoms with Gasteiger partial charge >= 0.3 is 0 Å². The molecule has 0 aromatic heterocycles. The van der Waals surface area contributed by atoms with Crippen molar-refractivity contribution >= 4 is 11.6 Å². The van der Waals surface area contributed by atoms with Crippen molar-refractivity contribution < 1.29 is 4.39 Å². The topological polar surface area (TPSA) is 23.8 Å². The summed E-state index contributed by atoms with van der Waals surface area (Å²) in [6.45, 7) is 0. The zero-order valence-corrected chi connectivity index (χ0v) is 8.31. The average molecular weight is 210 g/mol. The summed E-state index contributed by atoms with van der Waals surface area (Å²) in [6.07, 6.45) is 2.70. The molecule has 0 unspecified atom stereocenters. The first-order chi connectivity index (χ1) is 6.68. The smallest absolute Gasteiger partial charge is 0.124 e. The largest absolute Gasteiger partial charge is 0.207 e. The lowest BCUT2D eigenvalue weighted by molar-refractivity contribution is 0.324. The third-order valence-electron chi connectivity index (χ3n) is 2.87. The van der Waals surface area contributed by atoms with E-state index in [1.54, 1.807) is 6.07 Å². The molecule has 1 saturated carbocycles. The number of rotatable bonds is 1. The molecule has 0 atom stereocenters. The molecule has 0 saturated heterocycles. The van der Waals surface area contributed by atoms with Crippen LogP contribution in [0.4, 0.5) is 4.39 Å². The van der Waals surface area contributed by atoms with Crippen molar-refractivity contribution in [3.63, 3.8) is 0 Å². The van der Waals surface area contributed by atoms with Crippen LogP contribution in [0.1, 0.15) is 24.8 Å². The molecule has 0 spiro atoms. The molecule has 0 N–H and O–H groups in total. The minimum absolute atomic E-state index is 0.355. The zero-order chi connectivity index (χ0) is 10.2. The van der Waals surface area contributed by atoms with Crippen LogP contribution < -0.4 is 0 Å². The van der Waals surface area contributed by atoms with Gasteiger partial charge in [0.1, 0.15) is 5.82 Å². The van der Waals surface area contributed by atoms with E-state index in [2.05, 4.69) is 6.07 Å². The van der Waals surface area contributed by atoms with Gasteiger partial charge in [0.15, 0.2) is 0 Å². The van der Waals surface area contributed by atoms with Crippen molar-refractivity contribution in [1.29, 1.82) is 5.26 Å². The Hall–Kier alpha value is -1.07. The highest BCUT2D eigenvalue weighted by atomic mass is 35.5. The Balaban J connectivity index is 2.46. The molecule has 1 aromatic rings. The maximum Gasteiger partial charge on any atom is 0.124 e. The summed E-state index contributed by atoms with van der Waals surface area (Å²) < 4.78 is 12.8. The maximum absolute atomic E-state index is 12.8. The Labute approximate surface area is 87.1 Å². The first-order valence-electron chi connectivity index (χ1n) is 4.55. The second-order valence-electron chi connectivity index (χ2n) is 3.67. The molecule has 0 radical (unpaired) electrons. The van der Waals surface area contributed by atoms with Crippen LogP contribution in [0, 0.1) is 17.1 Å². The van der Waals surface area contributed by atoms with Crippen molar-refractivity contribution in [2.75, 3.05) is 0 Å². The lowest BCUT2D eigenvalue weighted by Gasteiger charge is -2.36. The molecule has 0 bridgehead atoms. The van der Waals surface area contributed by atoms with Gasteiger partial charge in [-0.15, -0.1) is 0 Å². The standard InChI is InChI=1S/C11H9ClFN/c12-10-6-8(13)2-3-9(10)11(7-14)4-1-5-11/h2-3,6H,1,4-5H2. The third kappa shape index (κ3) is 1.29. The molecule has 1 fully saturated rings. The van der Waals surface area contributed by atoms with Crippen LogP contribution in [0.25, 0.3) is 0 Å². The summed E-state index contributed by atoms with van der Waals surface area (Å²) in [5.74, 6) is -0.355. The normalized spacial score (nSPS) is 18.4. The van der Waals surface area contributed by atoms with Crippen molar-refractivity contribution in [2.24, 2.45) is 0 Å². The fourth-order valence-electron chi connectivity index (χ4n) is 1.85. The Bertz CT molecular complexity index is 404. The Morgan fingerprint density at radius 3 is 2.57 bits per heavy atom. The van der Waals surface area contributed by atoms with E-state index in [-0.39, 0.29) is 5.82 Å². The van der Waals surface area contributed by atoms with Gasteiger partial charge in [-0.05, 0) is 37.0 Å². The number of benzene rings is 1. The fourth-order valence-corrected chi connectivity index (χ4v) is 2.20. The summed E-state index contributed by atoms with van der Waals surface area (Å²) in [7, 11) is 0. The van der Waals surface area contributed by atoms with Crippen molar-refractivity contribution in [3.05, 3.63) is 34.6 Å². The molecule has 0 amide bonds. The van der Waals surface area contributed by atoms with Gasteiger partial charge in [-0.25, -0.2) is 4.39 Å². The first kappa shape index (κ1) is 9.48. The zero-order valence-electron chi connectivity index (χ0n) is 7.56. The van der Waals surface area contributed by atoms with E-state index in [9.17, 15) is 4.39 Å². The van der Waals surface area contributed by atoms with E-state index in [4.69, 9.17) is 16.9 Å². The lowest BCUT2D eigenvalue weighted by atomic mass is 9.65. The monoisotopic (exact) mass is 209 g/mol. The number of nitriles is 1. The van der Waals surface area contributed by atoms with Gasteiger partial charge in [0.2, 0.25) is 0 Å². The van der Waals surface area contributed by atoms with Gasteiger partial charge in [0.25, 0.3) is 0 Å². The van der Waals surface area contributed by atoms with E-state index in [1.807, 2.05) is 0 Å². The lowest BCUT2D eigenvalue weighted by Crippen LogP contribution is -2.32. The molecule has 0 aliphatic heterocycles. The van der Waals surface area contributed by atoms with Gasteiger partial charge in [0, 0.05) is 5.02 Å². The minimum atomic E-state index is -0.454. The van der Waals surface area contributed by atoms with Crippen LogP contribution in [-0.4, -0.2) is 0 Å². The molecule has 1 aliphatic carbocycles. The van der Waals surface area contributed by atoms with Crippen LogP contribution in [0.15, 0.2) is 18.2 Å². The molecule has 0 heterocycles. The van der Waals surface area contributed by atoms with Crippen LogP contribution >= 0.6 is 11.6 Å². The van der Waals surface area contributed by atoms with Crippen molar-refractivity contribution in [3.8, 4) is 6.07 Å². The summed E-state index contributed by atoms with van der Waals surface area (Å²) in [6, 6.07) is 6.54. The van der Waals surface area contributed by atoms with E-state index >= 15 is 0 Å². The van der Waals surface area contributed by atoms with Gasteiger partial charge in [-0.1, -0.05) is 17.7 Å². The van der Waals surface area contributed by atoms with Crippen LogP contribution in [0.5, 0.6) is 0 Å². The van der Waals surface area contributed by atoms with Crippen LogP contribution in [0.2, 0.25) is 5.02 Å². The summed E-state index contributed by atoms with van der Waals surface area (Å²) >= 11 is 5.91. The first-order valence-corrected chi connectivity index (χ1v) is 4.92. The molecule has 2 rings (SSSR count). The molecule has 3 heteroatoms. The predicted molar refractivity (Wildman–Crippen MR) is 52.6 cm³/mol. The quantitative estimate of drug-likeness (QED) is 0.695. The fraction of sp³-hybridized carbons (Fsp3) is 0.364. The highest BCUT2D eigenvalue weighted by Gasteiger charge is 2.40. The Kier molecular flexibility index (Phi) is 2.20. The summed E-state index contributed by atoms with van der Waals surface area (Å²) in [4.78, 5) is 0. The highest BCUT2D eigenvalue weighted by molar-refractivity contribution is 6.31. The highest BCUT2D eigenvalue weighted by Crippen LogP contribution is 2.45. The van der Waals surface area contributed by atoms with Gasteiger partial charge < -0.3 is 0 Å². The second-order valence-corrected chi connectivity index (χ2v) is 4.08. The maximum atomic E-state index is 12.8. The molecule has 72 valence electrons. The van der Waals surface area contributed by atoms with E-state index in [0.717, 1.165) is 24.8 Å². The van der Waals surface area contributed by atoms with Gasteiger partial charge in [-0.3, -0.25) is 0 Å². The Morgan fingerprint density at radius 2 is 2.14 bits per heavy atom. The third-order valence-corrected chi connectivity index (χ3v) is 3.18. The summed E-state index contributed by atoms with van der Waals surface area (Å²) in [5.41, 5.74) is 0.319. The Morgan fingerprint density at radius 1 is 1.43 bits per heavy atom. The van der Waals surface area contributed by atoms with E-state index in [0.29, 0.717) is 5.02 Å². The van der Waals surface area contributed by atoms with Crippen molar-refractivity contribution in [1.82, 2.24) is 0 Å². The SMILES string of the molecule is N#CC1(c2ccc(F)cc2Cl)CCC1. The second kappa shape index (κ2) is 3.25. The number of halogens is 2. The molecule has 1 nitrogen and oxygen atoms in total. The molecule has 1 aromatic carbocycles. The number of nitrogens with zero attached hydrogens (tertiary/aromatic N) is 1. The number of hydrogen-bond acceptors (Lipinski definition) is 1. The molecular weight excluding hydrogens is 201 g/mol.